The molecular formula is C18H27F2NO2. The second-order valence-corrected chi connectivity index (χ2v) is 6.68. The number of benzene rings is 1. The van der Waals surface area contributed by atoms with Crippen LogP contribution in [-0.2, 0) is 0 Å². The minimum absolute atomic E-state index is 0.0509. The fourth-order valence-corrected chi connectivity index (χ4v) is 3.83. The number of para-hydroxylation sites is 2. The van der Waals surface area contributed by atoms with Crippen LogP contribution < -0.4 is 9.47 Å². The molecule has 5 heteroatoms. The summed E-state index contributed by atoms with van der Waals surface area (Å²) in [6.45, 7) is 1.00. The highest BCUT2D eigenvalue weighted by Crippen LogP contribution is 2.45. The molecule has 1 aliphatic heterocycles. The zero-order valence-corrected chi connectivity index (χ0v) is 14.2. The van der Waals surface area contributed by atoms with Crippen LogP contribution in [0.2, 0.25) is 0 Å². The fourth-order valence-electron chi connectivity index (χ4n) is 3.83. The highest BCUT2D eigenvalue weighted by atomic mass is 19.3. The SMILES string of the molecule is CN1CC[C@]2(C)CCCC[C@H]12.COc1ccccc1OC(F)F. The van der Waals surface area contributed by atoms with Crippen molar-refractivity contribution in [1.82, 2.24) is 4.90 Å². The largest absolute Gasteiger partial charge is 0.493 e. The first kappa shape index (κ1) is 18.0. The van der Waals surface area contributed by atoms with E-state index in [-0.39, 0.29) is 5.75 Å². The van der Waals surface area contributed by atoms with Crippen molar-refractivity contribution in [3.05, 3.63) is 24.3 Å². The third-order valence-corrected chi connectivity index (χ3v) is 5.13. The first-order chi connectivity index (χ1) is 11.0. The standard InChI is InChI=1S/C10H19N.C8H8F2O2/c1-10-6-4-3-5-9(10)11(2)8-7-10;1-11-6-4-2-3-5-7(6)12-8(9)10/h9H,3-8H2,1-2H3;2-5,8H,1H3/t9-,10-;/m0./s1. The van der Waals surface area contributed by atoms with Gasteiger partial charge in [-0.25, -0.2) is 0 Å². The van der Waals surface area contributed by atoms with Gasteiger partial charge in [-0.15, -0.1) is 0 Å². The molecule has 0 aromatic heterocycles. The molecule has 1 aromatic carbocycles. The summed E-state index contributed by atoms with van der Waals surface area (Å²) >= 11 is 0. The Morgan fingerprint density at radius 1 is 1.17 bits per heavy atom. The zero-order chi connectivity index (χ0) is 16.9. The number of rotatable bonds is 3. The van der Waals surface area contributed by atoms with Gasteiger partial charge in [0.25, 0.3) is 0 Å². The molecule has 0 N–H and O–H groups in total. The number of methoxy groups -OCH3 is 1. The monoisotopic (exact) mass is 327 g/mol. The second kappa shape index (κ2) is 7.95. The van der Waals surface area contributed by atoms with Crippen LogP contribution in [0.3, 0.4) is 0 Å². The van der Waals surface area contributed by atoms with Gasteiger partial charge in [-0.3, -0.25) is 0 Å². The lowest BCUT2D eigenvalue weighted by molar-refractivity contribution is -0.0512. The third-order valence-electron chi connectivity index (χ3n) is 5.13. The molecule has 0 radical (unpaired) electrons. The molecule has 0 spiro atoms. The van der Waals surface area contributed by atoms with E-state index in [1.54, 1.807) is 18.2 Å². The lowest BCUT2D eigenvalue weighted by Crippen LogP contribution is -2.38. The Hall–Kier alpha value is -1.36. The molecule has 1 saturated heterocycles. The lowest BCUT2D eigenvalue weighted by Gasteiger charge is -2.38. The number of halogens is 2. The third kappa shape index (κ3) is 4.56. The summed E-state index contributed by atoms with van der Waals surface area (Å²) in [4.78, 5) is 2.57. The summed E-state index contributed by atoms with van der Waals surface area (Å²) in [6.07, 6.45) is 7.30. The highest BCUT2D eigenvalue weighted by Gasteiger charge is 2.43. The Balaban J connectivity index is 0.000000167. The van der Waals surface area contributed by atoms with E-state index >= 15 is 0 Å². The number of fused-ring (bicyclic) bond motifs is 1. The van der Waals surface area contributed by atoms with Gasteiger partial charge in [0.2, 0.25) is 0 Å². The lowest BCUT2D eigenvalue weighted by atomic mass is 9.72. The number of hydrogen-bond donors (Lipinski definition) is 0. The maximum Gasteiger partial charge on any atom is 0.387 e. The molecule has 1 aliphatic carbocycles. The van der Waals surface area contributed by atoms with Crippen molar-refractivity contribution in [2.75, 3.05) is 20.7 Å². The van der Waals surface area contributed by atoms with Crippen LogP contribution in [0.1, 0.15) is 39.0 Å². The van der Waals surface area contributed by atoms with Gasteiger partial charge < -0.3 is 14.4 Å². The van der Waals surface area contributed by atoms with Crippen LogP contribution in [0.5, 0.6) is 11.5 Å². The number of hydrogen-bond acceptors (Lipinski definition) is 3. The van der Waals surface area contributed by atoms with Gasteiger partial charge in [-0.1, -0.05) is 31.9 Å². The number of ether oxygens (including phenoxy) is 2. The molecule has 130 valence electrons. The number of alkyl halides is 2. The molecule has 0 bridgehead atoms. The summed E-state index contributed by atoms with van der Waals surface area (Å²) in [5.41, 5.74) is 0.688. The first-order valence-corrected chi connectivity index (χ1v) is 8.24. The molecular weight excluding hydrogens is 300 g/mol. The van der Waals surface area contributed by atoms with E-state index in [1.807, 2.05) is 0 Å². The van der Waals surface area contributed by atoms with Gasteiger partial charge in [0, 0.05) is 6.04 Å². The average Bonchev–Trinajstić information content (AvgIpc) is 2.84. The molecule has 0 amide bonds. The van der Waals surface area contributed by atoms with Crippen molar-refractivity contribution < 1.29 is 18.3 Å². The number of likely N-dealkylation sites (tertiary alicyclic amines) is 1. The average molecular weight is 327 g/mol. The second-order valence-electron chi connectivity index (χ2n) is 6.68. The summed E-state index contributed by atoms with van der Waals surface area (Å²) in [5, 5.41) is 0. The summed E-state index contributed by atoms with van der Waals surface area (Å²) in [7, 11) is 3.69. The zero-order valence-electron chi connectivity index (χ0n) is 14.2. The van der Waals surface area contributed by atoms with Crippen LogP contribution in [0.25, 0.3) is 0 Å². The van der Waals surface area contributed by atoms with E-state index in [1.165, 1.54) is 51.8 Å². The van der Waals surface area contributed by atoms with E-state index in [9.17, 15) is 8.78 Å². The molecule has 1 aromatic rings. The summed E-state index contributed by atoms with van der Waals surface area (Å²) < 4.78 is 32.5. The summed E-state index contributed by atoms with van der Waals surface area (Å²) in [6, 6.07) is 7.16. The Kier molecular flexibility index (Phi) is 6.22. The Bertz CT molecular complexity index is 494. The minimum atomic E-state index is -2.82. The smallest absolute Gasteiger partial charge is 0.387 e. The van der Waals surface area contributed by atoms with Crippen molar-refractivity contribution >= 4 is 0 Å². The summed E-state index contributed by atoms with van der Waals surface area (Å²) in [5.74, 6) is 0.354. The Labute approximate surface area is 137 Å². The molecule has 2 fully saturated rings. The van der Waals surface area contributed by atoms with Gasteiger partial charge in [-0.2, -0.15) is 8.78 Å². The van der Waals surface area contributed by atoms with Crippen molar-refractivity contribution in [3.63, 3.8) is 0 Å². The Morgan fingerprint density at radius 3 is 2.48 bits per heavy atom. The van der Waals surface area contributed by atoms with Gasteiger partial charge in [-0.05, 0) is 50.4 Å². The van der Waals surface area contributed by atoms with Crippen LogP contribution in [0.15, 0.2) is 24.3 Å². The minimum Gasteiger partial charge on any atom is -0.493 e. The van der Waals surface area contributed by atoms with Gasteiger partial charge in [0.05, 0.1) is 7.11 Å². The molecule has 1 heterocycles. The van der Waals surface area contributed by atoms with Crippen LogP contribution in [0.4, 0.5) is 8.78 Å². The van der Waals surface area contributed by atoms with Crippen LogP contribution in [-0.4, -0.2) is 38.3 Å². The fraction of sp³-hybridized carbons (Fsp3) is 0.667. The molecule has 2 atom stereocenters. The molecule has 2 aliphatic rings. The highest BCUT2D eigenvalue weighted by molar-refractivity contribution is 5.39. The number of nitrogens with zero attached hydrogens (tertiary/aromatic N) is 1. The molecule has 23 heavy (non-hydrogen) atoms. The van der Waals surface area contributed by atoms with E-state index in [4.69, 9.17) is 4.74 Å². The molecule has 3 rings (SSSR count). The normalized spacial score (nSPS) is 27.1. The predicted octanol–water partition coefficient (Wildman–Crippen LogP) is 4.57. The molecule has 1 saturated carbocycles. The maximum atomic E-state index is 11.8. The van der Waals surface area contributed by atoms with E-state index < -0.39 is 6.61 Å². The van der Waals surface area contributed by atoms with Gasteiger partial charge >= 0.3 is 6.61 Å². The Morgan fingerprint density at radius 2 is 1.87 bits per heavy atom. The van der Waals surface area contributed by atoms with Gasteiger partial charge in [0.15, 0.2) is 11.5 Å². The van der Waals surface area contributed by atoms with E-state index in [0.29, 0.717) is 11.2 Å². The quantitative estimate of drug-likeness (QED) is 0.812. The molecule has 3 nitrogen and oxygen atoms in total. The van der Waals surface area contributed by atoms with E-state index in [0.717, 1.165) is 6.04 Å². The predicted molar refractivity (Wildman–Crippen MR) is 87.2 cm³/mol. The van der Waals surface area contributed by atoms with Crippen molar-refractivity contribution in [2.45, 2.75) is 51.7 Å². The van der Waals surface area contributed by atoms with Crippen LogP contribution >= 0.6 is 0 Å². The van der Waals surface area contributed by atoms with Crippen molar-refractivity contribution in [3.8, 4) is 11.5 Å². The van der Waals surface area contributed by atoms with Crippen molar-refractivity contribution in [2.24, 2.45) is 5.41 Å². The first-order valence-electron chi connectivity index (χ1n) is 8.24. The van der Waals surface area contributed by atoms with E-state index in [2.05, 4.69) is 23.6 Å². The maximum absolute atomic E-state index is 11.8. The molecule has 0 unspecified atom stereocenters. The van der Waals surface area contributed by atoms with Gasteiger partial charge in [0.1, 0.15) is 0 Å². The topological polar surface area (TPSA) is 21.7 Å². The van der Waals surface area contributed by atoms with Crippen LogP contribution in [0, 0.1) is 5.41 Å². The van der Waals surface area contributed by atoms with Crippen molar-refractivity contribution in [1.29, 1.82) is 0 Å².